The van der Waals surface area contributed by atoms with Crippen LogP contribution in [0.15, 0.2) is 46.7 Å². The van der Waals surface area contributed by atoms with E-state index in [1.807, 2.05) is 16.8 Å². The average Bonchev–Trinajstić information content (AvgIpc) is 3.21. The summed E-state index contributed by atoms with van der Waals surface area (Å²) in [4.78, 5) is 12.3. The lowest BCUT2D eigenvalue weighted by atomic mass is 10.4. The van der Waals surface area contributed by atoms with Crippen LogP contribution < -0.4 is 0 Å². The first-order valence-corrected chi connectivity index (χ1v) is 8.41. The van der Waals surface area contributed by atoms with Gasteiger partial charge < -0.3 is 9.84 Å². The molecule has 1 N–H and O–H groups in total. The van der Waals surface area contributed by atoms with Crippen molar-refractivity contribution in [3.05, 3.63) is 56.4 Å². The van der Waals surface area contributed by atoms with Crippen molar-refractivity contribution in [2.45, 2.75) is 6.92 Å². The Morgan fingerprint density at radius 1 is 1.17 bits per heavy atom. The molecule has 0 bridgehead atoms. The molecule has 0 spiro atoms. The van der Waals surface area contributed by atoms with Crippen LogP contribution in [0.25, 0.3) is 12.2 Å². The normalized spacial score (nSPS) is 11.7. The van der Waals surface area contributed by atoms with Gasteiger partial charge >= 0.3 is 5.97 Å². The van der Waals surface area contributed by atoms with Crippen LogP contribution in [0.1, 0.15) is 16.7 Å². The predicted octanol–water partition coefficient (Wildman–Crippen LogP) is 4.67. The molecule has 0 atom stereocenters. The number of carbonyl (C=O) groups is 1. The number of carbonyl (C=O) groups excluding carboxylic acids is 1. The molecule has 2 rings (SSSR count). The van der Waals surface area contributed by atoms with Gasteiger partial charge in [-0.3, -0.25) is 0 Å². The van der Waals surface area contributed by atoms with Crippen molar-refractivity contribution < 1.29 is 23.4 Å². The number of rotatable bonds is 5. The van der Waals surface area contributed by atoms with E-state index in [2.05, 4.69) is 4.74 Å². The number of esters is 1. The Morgan fingerprint density at radius 2 is 1.74 bits per heavy atom. The van der Waals surface area contributed by atoms with Gasteiger partial charge in [0.1, 0.15) is 5.83 Å². The summed E-state index contributed by atoms with van der Waals surface area (Å²) in [6, 6.07) is 7.14. The van der Waals surface area contributed by atoms with E-state index in [-0.39, 0.29) is 6.61 Å². The zero-order valence-electron chi connectivity index (χ0n) is 12.4. The van der Waals surface area contributed by atoms with Crippen molar-refractivity contribution in [1.29, 1.82) is 0 Å². The van der Waals surface area contributed by atoms with Crippen LogP contribution in [0.5, 0.6) is 0 Å². The zero-order valence-corrected chi connectivity index (χ0v) is 14.0. The molecule has 3 nitrogen and oxygen atoms in total. The summed E-state index contributed by atoms with van der Waals surface area (Å²) in [5.41, 5.74) is 0. The van der Waals surface area contributed by atoms with Crippen LogP contribution >= 0.6 is 22.7 Å². The second-order valence-electron chi connectivity index (χ2n) is 3.99. The Morgan fingerprint density at radius 3 is 2.17 bits per heavy atom. The highest BCUT2D eigenvalue weighted by atomic mass is 32.1. The SMILES string of the molecule is CCOC(=O)C(F)=Cc1cccs1.OCC(F)=Cc1cccs1. The third kappa shape index (κ3) is 7.83. The fraction of sp³-hybridized carbons (Fsp3) is 0.188. The predicted molar refractivity (Wildman–Crippen MR) is 90.5 cm³/mol. The number of halogens is 2. The minimum Gasteiger partial charge on any atom is -0.461 e. The van der Waals surface area contributed by atoms with Gasteiger partial charge in [-0.2, -0.15) is 4.39 Å². The molecule has 0 fully saturated rings. The van der Waals surface area contributed by atoms with E-state index in [1.165, 1.54) is 34.8 Å². The summed E-state index contributed by atoms with van der Waals surface area (Å²) in [5, 5.41) is 12.0. The third-order valence-electron chi connectivity index (χ3n) is 2.28. The van der Waals surface area contributed by atoms with Crippen LogP contribution in [-0.4, -0.2) is 24.3 Å². The van der Waals surface area contributed by atoms with Crippen molar-refractivity contribution in [3.8, 4) is 0 Å². The largest absolute Gasteiger partial charge is 0.461 e. The molecule has 2 aromatic rings. The number of aliphatic hydroxyl groups is 1. The molecule has 2 heterocycles. The highest BCUT2D eigenvalue weighted by molar-refractivity contribution is 7.11. The number of ether oxygens (including phenoxy) is 1. The van der Waals surface area contributed by atoms with Gasteiger partial charge in [0.25, 0.3) is 0 Å². The first-order chi connectivity index (χ1) is 11.1. The molecule has 0 aliphatic carbocycles. The molecule has 0 aliphatic rings. The molecule has 0 aromatic carbocycles. The molecule has 0 saturated carbocycles. The fourth-order valence-electron chi connectivity index (χ4n) is 1.33. The van der Waals surface area contributed by atoms with Gasteiger partial charge in [-0.1, -0.05) is 12.1 Å². The molecule has 0 radical (unpaired) electrons. The summed E-state index contributed by atoms with van der Waals surface area (Å²) in [5.74, 6) is -2.26. The highest BCUT2D eigenvalue weighted by Gasteiger charge is 2.08. The van der Waals surface area contributed by atoms with Gasteiger partial charge in [-0.15, -0.1) is 22.7 Å². The van der Waals surface area contributed by atoms with Gasteiger partial charge in [-0.05, 0) is 42.0 Å². The standard InChI is InChI=1S/C9H9FO2S.C7H7FOS/c1-2-12-9(11)8(10)6-7-4-3-5-13-7;8-6(5-9)4-7-2-1-3-10-7/h3-6H,2H2,1H3;1-4,9H,5H2. The minimum atomic E-state index is -0.907. The Kier molecular flexibility index (Phi) is 9.04. The second-order valence-corrected chi connectivity index (χ2v) is 5.95. The maximum Gasteiger partial charge on any atom is 0.367 e. The van der Waals surface area contributed by atoms with Crippen LogP contribution in [0.4, 0.5) is 8.78 Å². The lowest BCUT2D eigenvalue weighted by Crippen LogP contribution is -2.03. The Hall–Kier alpha value is -1.83. The van der Waals surface area contributed by atoms with E-state index in [4.69, 9.17) is 5.11 Å². The summed E-state index contributed by atoms with van der Waals surface area (Å²) in [6.07, 6.45) is 2.49. The van der Waals surface area contributed by atoms with Crippen LogP contribution in [-0.2, 0) is 9.53 Å². The van der Waals surface area contributed by atoms with E-state index >= 15 is 0 Å². The monoisotopic (exact) mass is 358 g/mol. The third-order valence-corrected chi connectivity index (χ3v) is 3.91. The summed E-state index contributed by atoms with van der Waals surface area (Å²) in [6.45, 7) is 1.30. The average molecular weight is 358 g/mol. The molecular formula is C16H16F2O3S2. The zero-order chi connectivity index (χ0) is 17.1. The van der Waals surface area contributed by atoms with E-state index < -0.39 is 24.2 Å². The van der Waals surface area contributed by atoms with E-state index in [1.54, 1.807) is 25.1 Å². The smallest absolute Gasteiger partial charge is 0.367 e. The Labute approximate surface area is 141 Å². The number of hydrogen-bond acceptors (Lipinski definition) is 5. The molecular weight excluding hydrogens is 342 g/mol. The number of thiophene rings is 2. The highest BCUT2D eigenvalue weighted by Crippen LogP contribution is 2.15. The lowest BCUT2D eigenvalue weighted by molar-refractivity contribution is -0.140. The molecule has 0 aliphatic heterocycles. The second kappa shape index (κ2) is 10.8. The summed E-state index contributed by atoms with van der Waals surface area (Å²) >= 11 is 2.80. The van der Waals surface area contributed by atoms with Gasteiger partial charge in [-0.25, -0.2) is 9.18 Å². The van der Waals surface area contributed by atoms with Gasteiger partial charge in [0, 0.05) is 9.75 Å². The van der Waals surface area contributed by atoms with Crippen LogP contribution in [0.3, 0.4) is 0 Å². The maximum absolute atomic E-state index is 12.9. The molecule has 2 aromatic heterocycles. The minimum absolute atomic E-state index is 0.185. The molecule has 124 valence electrons. The van der Waals surface area contributed by atoms with Crippen molar-refractivity contribution >= 4 is 40.8 Å². The molecule has 0 amide bonds. The topological polar surface area (TPSA) is 46.5 Å². The molecule has 0 unspecified atom stereocenters. The van der Waals surface area contributed by atoms with Gasteiger partial charge in [0.05, 0.1) is 13.2 Å². The summed E-state index contributed by atoms with van der Waals surface area (Å²) in [7, 11) is 0. The molecule has 0 saturated heterocycles. The van der Waals surface area contributed by atoms with Crippen molar-refractivity contribution in [1.82, 2.24) is 0 Å². The van der Waals surface area contributed by atoms with E-state index in [0.29, 0.717) is 4.88 Å². The molecule has 7 heteroatoms. The number of aliphatic hydroxyl groups excluding tert-OH is 1. The Bertz CT molecular complexity index is 632. The van der Waals surface area contributed by atoms with Gasteiger partial charge in [0.2, 0.25) is 5.83 Å². The molecule has 23 heavy (non-hydrogen) atoms. The first kappa shape index (κ1) is 19.2. The summed E-state index contributed by atoms with van der Waals surface area (Å²) < 4.78 is 29.7. The van der Waals surface area contributed by atoms with Crippen molar-refractivity contribution in [2.75, 3.05) is 13.2 Å². The quantitative estimate of drug-likeness (QED) is 0.624. The van der Waals surface area contributed by atoms with Crippen LogP contribution in [0, 0.1) is 0 Å². The van der Waals surface area contributed by atoms with Crippen LogP contribution in [0.2, 0.25) is 0 Å². The van der Waals surface area contributed by atoms with Crippen molar-refractivity contribution in [2.24, 2.45) is 0 Å². The lowest BCUT2D eigenvalue weighted by Gasteiger charge is -1.96. The first-order valence-electron chi connectivity index (χ1n) is 6.65. The van der Waals surface area contributed by atoms with E-state index in [0.717, 1.165) is 4.88 Å². The van der Waals surface area contributed by atoms with E-state index in [9.17, 15) is 13.6 Å². The maximum atomic E-state index is 12.9. The van der Waals surface area contributed by atoms with Crippen molar-refractivity contribution in [3.63, 3.8) is 0 Å². The van der Waals surface area contributed by atoms with Gasteiger partial charge in [0.15, 0.2) is 0 Å². The fourth-order valence-corrected chi connectivity index (χ4v) is 2.64. The number of hydrogen-bond donors (Lipinski definition) is 1. The Balaban J connectivity index is 0.000000238.